The lowest BCUT2D eigenvalue weighted by Crippen LogP contribution is -2.20. The minimum absolute atomic E-state index is 0.186. The van der Waals surface area contributed by atoms with E-state index in [0.29, 0.717) is 17.8 Å². The molecule has 0 saturated heterocycles. The van der Waals surface area contributed by atoms with Crippen molar-refractivity contribution in [1.29, 1.82) is 0 Å². The lowest BCUT2D eigenvalue weighted by atomic mass is 10.1. The molecule has 0 radical (unpaired) electrons. The number of aromatic amines is 1. The van der Waals surface area contributed by atoms with E-state index in [-0.39, 0.29) is 11.7 Å². The number of hydrogen-bond donors (Lipinski definition) is 2. The van der Waals surface area contributed by atoms with Gasteiger partial charge in [0.2, 0.25) is 5.91 Å². The largest absolute Gasteiger partial charge is 0.423 e. The zero-order chi connectivity index (χ0) is 23.4. The Morgan fingerprint density at radius 2 is 1.94 bits per heavy atom. The molecule has 4 rings (SSSR count). The molecule has 0 aliphatic heterocycles. The van der Waals surface area contributed by atoms with E-state index in [0.717, 1.165) is 47.3 Å². The van der Waals surface area contributed by atoms with Gasteiger partial charge in [-0.05, 0) is 74.5 Å². The number of carbonyl (C=O) groups is 1. The Kier molecular flexibility index (Phi) is 6.65. The second kappa shape index (κ2) is 9.79. The zero-order valence-corrected chi connectivity index (χ0v) is 18.5. The minimum Gasteiger partial charge on any atom is -0.423 e. The van der Waals surface area contributed by atoms with Crippen molar-refractivity contribution in [2.45, 2.75) is 26.3 Å². The van der Waals surface area contributed by atoms with Gasteiger partial charge >= 0.3 is 5.63 Å². The summed E-state index contributed by atoms with van der Waals surface area (Å²) < 4.78 is 18.4. The summed E-state index contributed by atoms with van der Waals surface area (Å²) in [5.74, 6) is -0.454. The summed E-state index contributed by atoms with van der Waals surface area (Å²) >= 11 is 0. The first-order valence-electron chi connectivity index (χ1n) is 10.7. The average Bonchev–Trinajstić information content (AvgIpc) is 3.22. The maximum atomic E-state index is 13.1. The highest BCUT2D eigenvalue weighted by molar-refractivity contribution is 5.92. The van der Waals surface area contributed by atoms with Gasteiger partial charge in [-0.2, -0.15) is 5.10 Å². The Bertz CT molecular complexity index is 1330. The van der Waals surface area contributed by atoms with Gasteiger partial charge in [0.05, 0.1) is 5.69 Å². The molecule has 0 atom stereocenters. The molecule has 0 unspecified atom stereocenters. The molecular weight excluding hydrogens is 423 g/mol. The van der Waals surface area contributed by atoms with Crippen LogP contribution in [0.1, 0.15) is 24.6 Å². The van der Waals surface area contributed by atoms with Crippen LogP contribution in [0.15, 0.2) is 63.8 Å². The van der Waals surface area contributed by atoms with E-state index in [4.69, 9.17) is 4.42 Å². The van der Waals surface area contributed by atoms with Crippen molar-refractivity contribution in [3.8, 4) is 11.3 Å². The van der Waals surface area contributed by atoms with Crippen LogP contribution in [0, 0.1) is 5.82 Å². The van der Waals surface area contributed by atoms with Crippen molar-refractivity contribution >= 4 is 22.6 Å². The number of nitrogens with one attached hydrogen (secondary N) is 2. The first kappa shape index (κ1) is 22.4. The molecule has 170 valence electrons. The number of carbonyl (C=O) groups excluding carboxylic acids is 1. The lowest BCUT2D eigenvalue weighted by Gasteiger charge is -2.17. The molecule has 33 heavy (non-hydrogen) atoms. The van der Waals surface area contributed by atoms with Crippen molar-refractivity contribution < 1.29 is 13.6 Å². The van der Waals surface area contributed by atoms with E-state index in [1.807, 2.05) is 19.2 Å². The molecule has 7 nitrogen and oxygen atoms in total. The van der Waals surface area contributed by atoms with Gasteiger partial charge in [0.15, 0.2) is 0 Å². The van der Waals surface area contributed by atoms with Gasteiger partial charge in [-0.1, -0.05) is 0 Å². The van der Waals surface area contributed by atoms with Crippen LogP contribution in [0.5, 0.6) is 0 Å². The number of aryl methyl sites for hydroxylation is 1. The van der Waals surface area contributed by atoms with Crippen LogP contribution in [-0.4, -0.2) is 34.6 Å². The summed E-state index contributed by atoms with van der Waals surface area (Å²) in [5, 5.41) is 10.9. The third-order valence-corrected chi connectivity index (χ3v) is 5.35. The third kappa shape index (κ3) is 5.72. The summed E-state index contributed by atoms with van der Waals surface area (Å²) in [6.07, 6.45) is 1.71. The van der Waals surface area contributed by atoms with E-state index >= 15 is 0 Å². The highest BCUT2D eigenvalue weighted by Gasteiger charge is 2.10. The molecule has 0 bridgehead atoms. The number of halogens is 1. The number of benzene rings is 2. The summed E-state index contributed by atoms with van der Waals surface area (Å²) in [4.78, 5) is 25.5. The Balaban J connectivity index is 1.37. The molecule has 8 heteroatoms. The van der Waals surface area contributed by atoms with Crippen molar-refractivity contribution in [1.82, 2.24) is 15.1 Å². The molecule has 2 N–H and O–H groups in total. The van der Waals surface area contributed by atoms with Crippen LogP contribution in [0.25, 0.3) is 22.2 Å². The van der Waals surface area contributed by atoms with Gasteiger partial charge in [-0.15, -0.1) is 0 Å². The van der Waals surface area contributed by atoms with Gasteiger partial charge in [0.25, 0.3) is 0 Å². The van der Waals surface area contributed by atoms with Crippen LogP contribution in [0.2, 0.25) is 0 Å². The summed E-state index contributed by atoms with van der Waals surface area (Å²) in [6, 6.07) is 15.1. The Morgan fingerprint density at radius 3 is 2.70 bits per heavy atom. The molecular formula is C25H25FN4O3. The second-order valence-electron chi connectivity index (χ2n) is 8.11. The van der Waals surface area contributed by atoms with Gasteiger partial charge in [0.1, 0.15) is 11.4 Å². The van der Waals surface area contributed by atoms with Crippen molar-refractivity contribution in [2.75, 3.05) is 18.9 Å². The van der Waals surface area contributed by atoms with Gasteiger partial charge in [0, 0.05) is 47.9 Å². The monoisotopic (exact) mass is 448 g/mol. The average molecular weight is 448 g/mol. The van der Waals surface area contributed by atoms with Gasteiger partial charge in [-0.25, -0.2) is 9.18 Å². The van der Waals surface area contributed by atoms with Crippen LogP contribution in [0.4, 0.5) is 10.1 Å². The Morgan fingerprint density at radius 1 is 1.15 bits per heavy atom. The first-order valence-corrected chi connectivity index (χ1v) is 10.7. The number of rotatable bonds is 8. The van der Waals surface area contributed by atoms with Crippen molar-refractivity contribution in [2.24, 2.45) is 0 Å². The molecule has 0 aliphatic carbocycles. The standard InChI is InChI=1S/C25H25FN4O3/c1-16(31)27-20-9-10-22-18(12-25(32)33-24(22)14-20)15-30(2)11-3-4-21-13-23(29-28-21)17-5-7-19(26)8-6-17/h5-10,12-14H,3-4,11,15H2,1-2H3,(H,27,31)(H,28,29). The fourth-order valence-corrected chi connectivity index (χ4v) is 3.81. The number of nitrogens with zero attached hydrogens (tertiary/aromatic N) is 2. The first-order chi connectivity index (χ1) is 15.9. The molecule has 2 aromatic heterocycles. The van der Waals surface area contributed by atoms with Crippen LogP contribution < -0.4 is 10.9 Å². The van der Waals surface area contributed by atoms with Crippen LogP contribution in [0.3, 0.4) is 0 Å². The topological polar surface area (TPSA) is 91.2 Å². The molecule has 4 aromatic rings. The maximum Gasteiger partial charge on any atom is 0.336 e. The van der Waals surface area contributed by atoms with Crippen LogP contribution >= 0.6 is 0 Å². The third-order valence-electron chi connectivity index (χ3n) is 5.35. The fourth-order valence-electron chi connectivity index (χ4n) is 3.81. The number of anilines is 1. The summed E-state index contributed by atoms with van der Waals surface area (Å²) in [7, 11) is 2.00. The zero-order valence-electron chi connectivity index (χ0n) is 18.5. The lowest BCUT2D eigenvalue weighted by molar-refractivity contribution is -0.114. The van der Waals surface area contributed by atoms with E-state index in [9.17, 15) is 14.0 Å². The predicted octanol–water partition coefficient (Wildman–Crippen LogP) is 4.35. The molecule has 0 fully saturated rings. The SMILES string of the molecule is CC(=O)Nc1ccc2c(CN(C)CCCc3cc(-c4ccc(F)cc4)n[nH]3)cc(=O)oc2c1. The number of aromatic nitrogens is 2. The van der Waals surface area contributed by atoms with E-state index in [1.54, 1.807) is 24.3 Å². The molecule has 1 amide bonds. The quantitative estimate of drug-likeness (QED) is 0.391. The van der Waals surface area contributed by atoms with E-state index in [2.05, 4.69) is 20.4 Å². The van der Waals surface area contributed by atoms with Gasteiger partial charge in [-0.3, -0.25) is 9.89 Å². The predicted molar refractivity (Wildman–Crippen MR) is 125 cm³/mol. The van der Waals surface area contributed by atoms with E-state index in [1.165, 1.54) is 25.1 Å². The fraction of sp³-hybridized carbons (Fsp3) is 0.240. The normalized spacial score (nSPS) is 11.3. The number of fused-ring (bicyclic) bond motifs is 1. The minimum atomic E-state index is -0.420. The Labute approximate surface area is 190 Å². The number of H-pyrrole nitrogens is 1. The van der Waals surface area contributed by atoms with Crippen molar-refractivity contribution in [3.05, 3.63) is 82.1 Å². The number of amides is 1. The van der Waals surface area contributed by atoms with Gasteiger partial charge < -0.3 is 14.6 Å². The smallest absolute Gasteiger partial charge is 0.336 e. The molecule has 0 saturated carbocycles. The highest BCUT2D eigenvalue weighted by Crippen LogP contribution is 2.23. The molecule has 2 heterocycles. The Hall–Kier alpha value is -3.78. The maximum absolute atomic E-state index is 13.1. The second-order valence-corrected chi connectivity index (χ2v) is 8.11. The molecule has 0 aliphatic rings. The number of hydrogen-bond acceptors (Lipinski definition) is 5. The van der Waals surface area contributed by atoms with Crippen molar-refractivity contribution in [3.63, 3.8) is 0 Å². The summed E-state index contributed by atoms with van der Waals surface area (Å²) in [6.45, 7) is 2.83. The van der Waals surface area contributed by atoms with E-state index < -0.39 is 5.63 Å². The summed E-state index contributed by atoms with van der Waals surface area (Å²) in [5.41, 5.74) is 4.16. The molecule has 2 aromatic carbocycles. The molecule has 0 spiro atoms. The highest BCUT2D eigenvalue weighted by atomic mass is 19.1. The van der Waals surface area contributed by atoms with Crippen LogP contribution in [-0.2, 0) is 17.8 Å².